The van der Waals surface area contributed by atoms with Gasteiger partial charge in [0.1, 0.15) is 0 Å². The molecule has 0 fully saturated rings. The Morgan fingerprint density at radius 1 is 0.857 bits per heavy atom. The van der Waals surface area contributed by atoms with Crippen LogP contribution in [0.25, 0.3) is 11.3 Å². The number of phenolic OH excluding ortho intramolecular Hbond substituents is 2. The minimum atomic E-state index is -0.135. The summed E-state index contributed by atoms with van der Waals surface area (Å²) in [4.78, 5) is 22.6. The third-order valence-electron chi connectivity index (χ3n) is 6.35. The molecule has 0 atom stereocenters. The van der Waals surface area contributed by atoms with E-state index in [2.05, 4.69) is 17.4 Å². The lowest BCUT2D eigenvalue weighted by molar-refractivity contribution is -0.116. The number of carbonyl (C=O) groups excluding carboxylic acids is 1. The van der Waals surface area contributed by atoms with E-state index in [1.54, 1.807) is 6.07 Å². The van der Waals surface area contributed by atoms with Crippen molar-refractivity contribution in [2.45, 2.75) is 38.5 Å². The van der Waals surface area contributed by atoms with E-state index in [0.717, 1.165) is 29.7 Å². The number of benzene rings is 3. The zero-order chi connectivity index (χ0) is 24.2. The number of phenols is 2. The van der Waals surface area contributed by atoms with Crippen molar-refractivity contribution >= 4 is 11.7 Å². The number of hydrogen-bond acceptors (Lipinski definition) is 5. The lowest BCUT2D eigenvalue weighted by Crippen LogP contribution is -2.18. The van der Waals surface area contributed by atoms with Gasteiger partial charge in [-0.1, -0.05) is 60.7 Å². The quantitative estimate of drug-likeness (QED) is 0.326. The van der Waals surface area contributed by atoms with Crippen LogP contribution in [0.15, 0.2) is 72.8 Å². The Balaban J connectivity index is 1.42. The molecule has 5 rings (SSSR count). The molecule has 0 saturated heterocycles. The molecule has 35 heavy (non-hydrogen) atoms. The first-order valence-corrected chi connectivity index (χ1v) is 11.9. The van der Waals surface area contributed by atoms with Crippen molar-refractivity contribution < 1.29 is 15.0 Å². The fraction of sp³-hybridized carbons (Fsp3) is 0.207. The van der Waals surface area contributed by atoms with Gasteiger partial charge in [-0.3, -0.25) is 4.79 Å². The van der Waals surface area contributed by atoms with Crippen LogP contribution >= 0.6 is 0 Å². The average molecular weight is 466 g/mol. The molecule has 1 aliphatic carbocycles. The Hall–Kier alpha value is -4.19. The Bertz CT molecular complexity index is 1350. The second-order valence-corrected chi connectivity index (χ2v) is 8.82. The Morgan fingerprint density at radius 2 is 1.57 bits per heavy atom. The van der Waals surface area contributed by atoms with Gasteiger partial charge in [-0.15, -0.1) is 0 Å². The normalized spacial score (nSPS) is 12.0. The molecule has 3 N–H and O–H groups in total. The zero-order valence-corrected chi connectivity index (χ0v) is 19.4. The van der Waals surface area contributed by atoms with Crippen LogP contribution in [0.5, 0.6) is 11.5 Å². The van der Waals surface area contributed by atoms with E-state index in [4.69, 9.17) is 9.97 Å². The van der Waals surface area contributed by atoms with Crippen molar-refractivity contribution in [3.8, 4) is 22.8 Å². The Labute approximate surface area is 204 Å². The summed E-state index contributed by atoms with van der Waals surface area (Å²) in [5.41, 5.74) is 5.86. The van der Waals surface area contributed by atoms with Crippen molar-refractivity contribution in [1.82, 2.24) is 9.97 Å². The van der Waals surface area contributed by atoms with E-state index in [1.807, 2.05) is 48.5 Å². The fourth-order valence-corrected chi connectivity index (χ4v) is 4.54. The number of nitrogens with one attached hydrogen (secondary N) is 1. The van der Waals surface area contributed by atoms with Crippen molar-refractivity contribution in [1.29, 1.82) is 0 Å². The maximum Gasteiger partial charge on any atom is 0.225 e. The predicted octanol–water partition coefficient (Wildman–Crippen LogP) is 5.21. The van der Waals surface area contributed by atoms with Gasteiger partial charge in [0.2, 0.25) is 5.91 Å². The lowest BCUT2D eigenvalue weighted by atomic mass is 9.90. The molecule has 0 unspecified atom stereocenters. The van der Waals surface area contributed by atoms with Gasteiger partial charge in [0.05, 0.1) is 17.1 Å². The number of aromatic hydroxyl groups is 2. The van der Waals surface area contributed by atoms with E-state index < -0.39 is 0 Å². The largest absolute Gasteiger partial charge is 0.504 e. The summed E-state index contributed by atoms with van der Waals surface area (Å²) >= 11 is 0. The van der Waals surface area contributed by atoms with E-state index >= 15 is 0 Å². The van der Waals surface area contributed by atoms with Gasteiger partial charge >= 0.3 is 0 Å². The summed E-state index contributed by atoms with van der Waals surface area (Å²) in [5, 5.41) is 23.3. The first-order chi connectivity index (χ1) is 17.1. The number of anilines is 1. The summed E-state index contributed by atoms with van der Waals surface area (Å²) in [6.45, 7) is 0. The number of nitrogens with zero attached hydrogens (tertiary/aromatic N) is 2. The minimum Gasteiger partial charge on any atom is -0.504 e. The molecule has 1 aliphatic rings. The molecule has 0 spiro atoms. The molecule has 4 aromatic rings. The molecule has 1 aromatic heterocycles. The highest BCUT2D eigenvalue weighted by atomic mass is 16.3. The van der Waals surface area contributed by atoms with Crippen LogP contribution in [-0.4, -0.2) is 26.1 Å². The van der Waals surface area contributed by atoms with E-state index in [-0.39, 0.29) is 17.4 Å². The highest BCUT2D eigenvalue weighted by molar-refractivity contribution is 5.90. The van der Waals surface area contributed by atoms with Crippen LogP contribution in [-0.2, 0) is 30.5 Å². The molecule has 6 heteroatoms. The van der Waals surface area contributed by atoms with Gasteiger partial charge in [0.25, 0.3) is 0 Å². The van der Waals surface area contributed by atoms with Crippen LogP contribution < -0.4 is 5.32 Å². The molecule has 0 radical (unpaired) electrons. The van der Waals surface area contributed by atoms with Gasteiger partial charge in [0, 0.05) is 24.0 Å². The van der Waals surface area contributed by atoms with E-state index in [1.165, 1.54) is 11.6 Å². The summed E-state index contributed by atoms with van der Waals surface area (Å²) in [6, 6.07) is 23.3. The summed E-state index contributed by atoms with van der Waals surface area (Å²) in [7, 11) is 0. The van der Waals surface area contributed by atoms with Crippen LogP contribution in [0.2, 0.25) is 0 Å². The van der Waals surface area contributed by atoms with Crippen molar-refractivity contribution in [2.24, 2.45) is 0 Å². The SMILES string of the molecule is O=C(CCCc1ccccc1)Nc1nc2c(nc1Cc1ccccc1)-c1ccc(O)c(O)c1CC2. The van der Waals surface area contributed by atoms with Gasteiger partial charge in [-0.25, -0.2) is 9.97 Å². The molecular weight excluding hydrogens is 438 g/mol. The smallest absolute Gasteiger partial charge is 0.225 e. The second-order valence-electron chi connectivity index (χ2n) is 8.82. The van der Waals surface area contributed by atoms with Crippen molar-refractivity contribution in [2.75, 3.05) is 5.32 Å². The number of hydrogen-bond donors (Lipinski definition) is 3. The van der Waals surface area contributed by atoms with Crippen molar-refractivity contribution in [3.63, 3.8) is 0 Å². The molecule has 6 nitrogen and oxygen atoms in total. The summed E-state index contributed by atoms with van der Waals surface area (Å²) in [5.74, 6) is 0.173. The highest BCUT2D eigenvalue weighted by Gasteiger charge is 2.25. The maximum absolute atomic E-state index is 12.8. The van der Waals surface area contributed by atoms with Crippen LogP contribution in [0, 0.1) is 0 Å². The monoisotopic (exact) mass is 465 g/mol. The fourth-order valence-electron chi connectivity index (χ4n) is 4.54. The third kappa shape index (κ3) is 5.01. The maximum atomic E-state index is 12.8. The number of aromatic nitrogens is 2. The zero-order valence-electron chi connectivity index (χ0n) is 19.4. The highest BCUT2D eigenvalue weighted by Crippen LogP contribution is 2.41. The predicted molar refractivity (Wildman–Crippen MR) is 135 cm³/mol. The molecule has 1 amide bonds. The van der Waals surface area contributed by atoms with E-state index in [9.17, 15) is 15.0 Å². The van der Waals surface area contributed by atoms with Crippen LogP contribution in [0.3, 0.4) is 0 Å². The van der Waals surface area contributed by atoms with E-state index in [0.29, 0.717) is 48.5 Å². The molecular formula is C29H27N3O3. The summed E-state index contributed by atoms with van der Waals surface area (Å²) in [6.07, 6.45) is 3.61. The number of amides is 1. The molecule has 0 bridgehead atoms. The molecule has 0 aliphatic heterocycles. The van der Waals surface area contributed by atoms with Gasteiger partial charge in [-0.05, 0) is 48.9 Å². The molecule has 176 valence electrons. The first kappa shape index (κ1) is 22.6. The number of fused-ring (bicyclic) bond motifs is 3. The third-order valence-corrected chi connectivity index (χ3v) is 6.35. The lowest BCUT2D eigenvalue weighted by Gasteiger charge is -2.22. The second kappa shape index (κ2) is 9.97. The van der Waals surface area contributed by atoms with Gasteiger partial charge < -0.3 is 15.5 Å². The number of aryl methyl sites for hydroxylation is 2. The standard InChI is InChI=1S/C29H27N3O3/c33-25-17-15-21-22(28(25)35)14-16-23-27(21)30-24(18-20-10-5-2-6-11-20)29(31-23)32-26(34)13-7-12-19-8-3-1-4-9-19/h1-6,8-11,15,17,33,35H,7,12-14,16,18H2,(H,31,32,34). The number of carbonyl (C=O) groups is 1. The van der Waals surface area contributed by atoms with Gasteiger partial charge in [0.15, 0.2) is 17.3 Å². The molecule has 1 heterocycles. The summed E-state index contributed by atoms with van der Waals surface area (Å²) < 4.78 is 0. The first-order valence-electron chi connectivity index (χ1n) is 11.9. The molecule has 0 saturated carbocycles. The Kier molecular flexibility index (Phi) is 6.44. The average Bonchev–Trinajstić information content (AvgIpc) is 2.88. The van der Waals surface area contributed by atoms with Crippen LogP contribution in [0.1, 0.15) is 40.9 Å². The Morgan fingerprint density at radius 3 is 2.31 bits per heavy atom. The minimum absolute atomic E-state index is 0.0803. The molecule has 3 aromatic carbocycles. The van der Waals surface area contributed by atoms with Gasteiger partial charge in [-0.2, -0.15) is 0 Å². The van der Waals surface area contributed by atoms with Crippen molar-refractivity contribution in [3.05, 3.63) is 101 Å². The topological polar surface area (TPSA) is 95.3 Å². The van der Waals surface area contributed by atoms with Crippen LogP contribution in [0.4, 0.5) is 5.82 Å². The number of rotatable bonds is 7.